The lowest BCUT2D eigenvalue weighted by molar-refractivity contribution is 0.102. The number of nitrogens with one attached hydrogen (secondary N) is 1. The minimum Gasteiger partial charge on any atom is -0.494 e. The summed E-state index contributed by atoms with van der Waals surface area (Å²) in [6.45, 7) is 7.03. The van der Waals surface area contributed by atoms with Gasteiger partial charge in [-0.3, -0.25) is 4.79 Å². The maximum absolute atomic E-state index is 12.5. The number of benzene rings is 2. The second kappa shape index (κ2) is 12.1. The van der Waals surface area contributed by atoms with Gasteiger partial charge < -0.3 is 14.8 Å². The highest BCUT2D eigenvalue weighted by Crippen LogP contribution is 2.20. The molecule has 0 radical (unpaired) electrons. The zero-order valence-electron chi connectivity index (χ0n) is 17.4. The Morgan fingerprint density at radius 1 is 0.964 bits per heavy atom. The molecular weight excluding hydrogens is 350 g/mol. The number of hydrogen-bond acceptors (Lipinski definition) is 3. The van der Waals surface area contributed by atoms with Crippen LogP contribution < -0.4 is 14.8 Å². The van der Waals surface area contributed by atoms with Gasteiger partial charge in [0.05, 0.1) is 12.7 Å². The molecule has 0 spiro atoms. The molecule has 1 atom stereocenters. The van der Waals surface area contributed by atoms with Gasteiger partial charge in [-0.05, 0) is 56.2 Å². The van der Waals surface area contributed by atoms with Crippen LogP contribution in [0, 0.1) is 0 Å². The van der Waals surface area contributed by atoms with Crippen LogP contribution in [0.4, 0.5) is 5.69 Å². The first kappa shape index (κ1) is 21.8. The topological polar surface area (TPSA) is 47.6 Å². The summed E-state index contributed by atoms with van der Waals surface area (Å²) in [5, 5.41) is 2.93. The van der Waals surface area contributed by atoms with Gasteiger partial charge >= 0.3 is 0 Å². The molecule has 4 heteroatoms. The number of carbonyl (C=O) groups excluding carboxylic acids is 1. The van der Waals surface area contributed by atoms with Gasteiger partial charge in [0.15, 0.2) is 0 Å². The number of anilines is 1. The summed E-state index contributed by atoms with van der Waals surface area (Å²) in [4.78, 5) is 12.5. The summed E-state index contributed by atoms with van der Waals surface area (Å²) in [5.74, 6) is 1.41. The Hall–Kier alpha value is -2.49. The molecule has 0 saturated heterocycles. The third-order valence-corrected chi connectivity index (χ3v) is 4.64. The summed E-state index contributed by atoms with van der Waals surface area (Å²) in [6, 6.07) is 14.8. The van der Waals surface area contributed by atoms with E-state index in [4.69, 9.17) is 9.47 Å². The van der Waals surface area contributed by atoms with Crippen molar-refractivity contribution in [2.75, 3.05) is 11.9 Å². The molecule has 0 aliphatic rings. The summed E-state index contributed by atoms with van der Waals surface area (Å²) in [6.07, 6.45) is 7.15. The number of rotatable bonds is 12. The molecule has 28 heavy (non-hydrogen) atoms. The zero-order valence-corrected chi connectivity index (χ0v) is 17.4. The van der Waals surface area contributed by atoms with E-state index in [0.29, 0.717) is 12.2 Å². The van der Waals surface area contributed by atoms with Gasteiger partial charge in [-0.2, -0.15) is 0 Å². The second-order valence-electron chi connectivity index (χ2n) is 7.11. The maximum atomic E-state index is 12.5. The van der Waals surface area contributed by atoms with Crippen molar-refractivity contribution in [2.24, 2.45) is 0 Å². The largest absolute Gasteiger partial charge is 0.494 e. The Balaban J connectivity index is 1.84. The molecule has 0 heterocycles. The fourth-order valence-corrected chi connectivity index (χ4v) is 2.76. The van der Waals surface area contributed by atoms with Gasteiger partial charge in [0.25, 0.3) is 5.91 Å². The molecule has 2 aromatic carbocycles. The Labute approximate surface area is 169 Å². The average Bonchev–Trinajstić information content (AvgIpc) is 2.71. The third kappa shape index (κ3) is 7.63. The van der Waals surface area contributed by atoms with E-state index in [0.717, 1.165) is 30.0 Å². The normalized spacial score (nSPS) is 11.7. The second-order valence-corrected chi connectivity index (χ2v) is 7.11. The Morgan fingerprint density at radius 2 is 1.71 bits per heavy atom. The van der Waals surface area contributed by atoms with E-state index in [1.54, 1.807) is 12.1 Å². The lowest BCUT2D eigenvalue weighted by Gasteiger charge is -2.13. The minimum atomic E-state index is -0.146. The smallest absolute Gasteiger partial charge is 0.255 e. The Morgan fingerprint density at radius 3 is 2.43 bits per heavy atom. The lowest BCUT2D eigenvalue weighted by atomic mass is 10.2. The molecule has 152 valence electrons. The van der Waals surface area contributed by atoms with E-state index in [-0.39, 0.29) is 12.0 Å². The van der Waals surface area contributed by atoms with E-state index in [1.807, 2.05) is 43.3 Å². The summed E-state index contributed by atoms with van der Waals surface area (Å²) in [5.41, 5.74) is 1.33. The summed E-state index contributed by atoms with van der Waals surface area (Å²) < 4.78 is 11.6. The van der Waals surface area contributed by atoms with Crippen LogP contribution in [0.15, 0.2) is 48.5 Å². The van der Waals surface area contributed by atoms with Crippen LogP contribution in [0.1, 0.15) is 69.7 Å². The van der Waals surface area contributed by atoms with E-state index >= 15 is 0 Å². The van der Waals surface area contributed by atoms with Gasteiger partial charge in [0, 0.05) is 17.3 Å². The van der Waals surface area contributed by atoms with Crippen molar-refractivity contribution in [2.45, 2.75) is 65.4 Å². The Kier molecular flexibility index (Phi) is 9.40. The van der Waals surface area contributed by atoms with Crippen LogP contribution >= 0.6 is 0 Å². The highest BCUT2D eigenvalue weighted by atomic mass is 16.5. The van der Waals surface area contributed by atoms with E-state index < -0.39 is 0 Å². The van der Waals surface area contributed by atoms with Crippen molar-refractivity contribution >= 4 is 11.6 Å². The van der Waals surface area contributed by atoms with Crippen molar-refractivity contribution in [3.8, 4) is 11.5 Å². The van der Waals surface area contributed by atoms with Crippen molar-refractivity contribution in [1.82, 2.24) is 0 Å². The van der Waals surface area contributed by atoms with Gasteiger partial charge in [-0.25, -0.2) is 0 Å². The highest BCUT2D eigenvalue weighted by molar-refractivity contribution is 6.04. The van der Waals surface area contributed by atoms with Gasteiger partial charge in [-0.15, -0.1) is 0 Å². The fraction of sp³-hybridized carbons (Fsp3) is 0.458. The molecule has 0 aromatic heterocycles. The minimum absolute atomic E-state index is 0.146. The molecule has 0 fully saturated rings. The number of unbranched alkanes of at least 4 members (excludes halogenated alkanes) is 4. The lowest BCUT2D eigenvalue weighted by Crippen LogP contribution is -2.13. The van der Waals surface area contributed by atoms with Crippen LogP contribution in [0.3, 0.4) is 0 Å². The molecule has 0 saturated carbocycles. The first-order chi connectivity index (χ1) is 13.6. The number of carbonyl (C=O) groups is 1. The van der Waals surface area contributed by atoms with Crippen LogP contribution in [-0.2, 0) is 0 Å². The Bertz CT molecular complexity index is 712. The number of ether oxygens (including phenoxy) is 2. The van der Waals surface area contributed by atoms with Gasteiger partial charge in [0.1, 0.15) is 11.5 Å². The fourth-order valence-electron chi connectivity index (χ4n) is 2.76. The standard InChI is InChI=1S/C24H33NO3/c1-4-6-7-8-9-17-27-23-12-10-11-21(18-23)25-24(26)20-13-15-22(16-14-20)28-19(3)5-2/h10-16,18-19H,4-9,17H2,1-3H3,(H,25,26). The molecule has 0 aliphatic heterocycles. The molecule has 1 amide bonds. The maximum Gasteiger partial charge on any atom is 0.255 e. The highest BCUT2D eigenvalue weighted by Gasteiger charge is 2.08. The quantitative estimate of drug-likeness (QED) is 0.428. The van der Waals surface area contributed by atoms with Gasteiger partial charge in [0.2, 0.25) is 0 Å². The third-order valence-electron chi connectivity index (χ3n) is 4.64. The number of hydrogen-bond donors (Lipinski definition) is 1. The van der Waals surface area contributed by atoms with Crippen molar-refractivity contribution < 1.29 is 14.3 Å². The molecule has 1 unspecified atom stereocenters. The van der Waals surface area contributed by atoms with E-state index in [9.17, 15) is 4.79 Å². The van der Waals surface area contributed by atoms with Crippen LogP contribution in [0.25, 0.3) is 0 Å². The van der Waals surface area contributed by atoms with E-state index in [2.05, 4.69) is 19.2 Å². The monoisotopic (exact) mass is 383 g/mol. The molecule has 2 aromatic rings. The zero-order chi connectivity index (χ0) is 20.2. The predicted molar refractivity (Wildman–Crippen MR) is 115 cm³/mol. The molecular formula is C24H33NO3. The van der Waals surface area contributed by atoms with Crippen molar-refractivity contribution in [3.05, 3.63) is 54.1 Å². The molecule has 1 N–H and O–H groups in total. The first-order valence-electron chi connectivity index (χ1n) is 10.4. The van der Waals surface area contributed by atoms with Crippen LogP contribution in [-0.4, -0.2) is 18.6 Å². The number of amides is 1. The van der Waals surface area contributed by atoms with Crippen LogP contribution in [0.2, 0.25) is 0 Å². The summed E-state index contributed by atoms with van der Waals surface area (Å²) in [7, 11) is 0. The molecule has 0 bridgehead atoms. The molecule has 2 rings (SSSR count). The predicted octanol–water partition coefficient (Wildman–Crippen LogP) is 6.47. The average molecular weight is 384 g/mol. The van der Waals surface area contributed by atoms with Crippen molar-refractivity contribution in [1.29, 1.82) is 0 Å². The SMILES string of the molecule is CCCCCCCOc1cccc(NC(=O)c2ccc(OC(C)CC)cc2)c1. The molecule has 4 nitrogen and oxygen atoms in total. The summed E-state index contributed by atoms with van der Waals surface area (Å²) >= 11 is 0. The molecule has 0 aliphatic carbocycles. The van der Waals surface area contributed by atoms with Crippen molar-refractivity contribution in [3.63, 3.8) is 0 Å². The van der Waals surface area contributed by atoms with E-state index in [1.165, 1.54) is 25.7 Å². The van der Waals surface area contributed by atoms with Gasteiger partial charge in [-0.1, -0.05) is 45.6 Å². The van der Waals surface area contributed by atoms with Crippen LogP contribution in [0.5, 0.6) is 11.5 Å². The first-order valence-corrected chi connectivity index (χ1v) is 10.4.